The molecule has 0 aliphatic heterocycles. The monoisotopic (exact) mass is 355 g/mol. The van der Waals surface area contributed by atoms with E-state index in [1.807, 2.05) is 0 Å². The summed E-state index contributed by atoms with van der Waals surface area (Å²) in [6.07, 6.45) is 4.10. The fourth-order valence-electron chi connectivity index (χ4n) is 1.57. The third kappa shape index (κ3) is 8.98. The Morgan fingerprint density at radius 1 is 1.38 bits per heavy atom. The van der Waals surface area contributed by atoms with Crippen LogP contribution in [0.2, 0.25) is 5.02 Å². The van der Waals surface area contributed by atoms with Crippen LogP contribution in [0.15, 0.2) is 18.3 Å². The summed E-state index contributed by atoms with van der Waals surface area (Å²) in [4.78, 5) is 15.4. The number of halogens is 3. The van der Waals surface area contributed by atoms with Gasteiger partial charge in [-0.05, 0) is 31.4 Å². The van der Waals surface area contributed by atoms with E-state index in [-0.39, 0.29) is 30.7 Å². The van der Waals surface area contributed by atoms with Gasteiger partial charge in [0, 0.05) is 12.3 Å². The first-order chi connectivity index (χ1) is 9.24. The number of nitrogens with zero attached hydrogens (tertiary/aromatic N) is 1. The van der Waals surface area contributed by atoms with Crippen molar-refractivity contribution in [2.45, 2.75) is 12.8 Å². The van der Waals surface area contributed by atoms with E-state index in [4.69, 9.17) is 16.3 Å². The molecule has 2 rings (SSSR count). The standard InChI is InChI=1S/C13H18ClN3O2.2ClH/c14-11-3-4-13(17-8-11)19-6-5-16-12(18)9-15-7-10-1-2-10;;/h3-4,8,10,15H,1-2,5-7,9H2,(H,16,18);2*1H. The Balaban J connectivity index is 0.00000200. The molecule has 0 bridgehead atoms. The molecule has 1 aliphatic carbocycles. The van der Waals surface area contributed by atoms with Gasteiger partial charge in [-0.25, -0.2) is 4.98 Å². The maximum Gasteiger partial charge on any atom is 0.234 e. The van der Waals surface area contributed by atoms with E-state index in [2.05, 4.69) is 15.6 Å². The van der Waals surface area contributed by atoms with Gasteiger partial charge >= 0.3 is 0 Å². The van der Waals surface area contributed by atoms with Gasteiger partial charge in [0.2, 0.25) is 11.8 Å². The molecule has 0 unspecified atom stereocenters. The van der Waals surface area contributed by atoms with Crippen LogP contribution in [0.4, 0.5) is 0 Å². The largest absolute Gasteiger partial charge is 0.476 e. The number of ether oxygens (including phenoxy) is 1. The molecule has 1 aromatic rings. The van der Waals surface area contributed by atoms with E-state index >= 15 is 0 Å². The Morgan fingerprint density at radius 3 is 2.76 bits per heavy atom. The van der Waals surface area contributed by atoms with Crippen LogP contribution in [0.5, 0.6) is 5.88 Å². The van der Waals surface area contributed by atoms with Crippen LogP contribution in [0, 0.1) is 5.92 Å². The third-order valence-corrected chi connectivity index (χ3v) is 3.01. The molecule has 1 heterocycles. The first-order valence-electron chi connectivity index (χ1n) is 6.46. The Bertz CT molecular complexity index is 414. The second-order valence-corrected chi connectivity index (χ2v) is 5.02. The van der Waals surface area contributed by atoms with Crippen LogP contribution in [-0.4, -0.2) is 37.1 Å². The predicted molar refractivity (Wildman–Crippen MR) is 87.8 cm³/mol. The first-order valence-corrected chi connectivity index (χ1v) is 6.83. The lowest BCUT2D eigenvalue weighted by Crippen LogP contribution is -2.36. The highest BCUT2D eigenvalue weighted by Crippen LogP contribution is 2.27. The third-order valence-electron chi connectivity index (χ3n) is 2.79. The van der Waals surface area contributed by atoms with E-state index in [9.17, 15) is 4.79 Å². The van der Waals surface area contributed by atoms with Gasteiger partial charge in [-0.2, -0.15) is 0 Å². The smallest absolute Gasteiger partial charge is 0.234 e. The van der Waals surface area contributed by atoms with Crippen LogP contribution >= 0.6 is 36.4 Å². The van der Waals surface area contributed by atoms with Crippen molar-refractivity contribution in [3.63, 3.8) is 0 Å². The number of pyridine rings is 1. The van der Waals surface area contributed by atoms with Gasteiger partial charge in [-0.15, -0.1) is 24.8 Å². The van der Waals surface area contributed by atoms with Crippen molar-refractivity contribution in [3.05, 3.63) is 23.4 Å². The highest BCUT2D eigenvalue weighted by molar-refractivity contribution is 6.30. The Labute approximate surface area is 142 Å². The summed E-state index contributed by atoms with van der Waals surface area (Å²) in [6.45, 7) is 2.17. The fraction of sp³-hybridized carbons (Fsp3) is 0.538. The summed E-state index contributed by atoms with van der Waals surface area (Å²) < 4.78 is 5.36. The maximum absolute atomic E-state index is 11.4. The molecule has 0 atom stereocenters. The van der Waals surface area contributed by atoms with Crippen molar-refractivity contribution in [2.75, 3.05) is 26.2 Å². The Morgan fingerprint density at radius 2 is 2.14 bits per heavy atom. The van der Waals surface area contributed by atoms with Crippen molar-refractivity contribution in [1.29, 1.82) is 0 Å². The number of aromatic nitrogens is 1. The van der Waals surface area contributed by atoms with Crippen molar-refractivity contribution in [3.8, 4) is 5.88 Å². The van der Waals surface area contributed by atoms with Crippen LogP contribution in [0.1, 0.15) is 12.8 Å². The molecule has 0 aromatic carbocycles. The average molecular weight is 357 g/mol. The number of hydrogen-bond acceptors (Lipinski definition) is 4. The van der Waals surface area contributed by atoms with Crippen molar-refractivity contribution in [2.24, 2.45) is 5.92 Å². The van der Waals surface area contributed by atoms with Gasteiger partial charge in [0.25, 0.3) is 0 Å². The van der Waals surface area contributed by atoms with Gasteiger partial charge in [0.15, 0.2) is 0 Å². The summed E-state index contributed by atoms with van der Waals surface area (Å²) >= 11 is 5.71. The maximum atomic E-state index is 11.4. The number of carbonyl (C=O) groups is 1. The topological polar surface area (TPSA) is 63.2 Å². The molecular formula is C13H20Cl3N3O2. The minimum absolute atomic E-state index is 0. The van der Waals surface area contributed by atoms with Crippen LogP contribution < -0.4 is 15.4 Å². The normalized spacial score (nSPS) is 12.8. The summed E-state index contributed by atoms with van der Waals surface area (Å²) in [6, 6.07) is 3.41. The summed E-state index contributed by atoms with van der Waals surface area (Å²) in [5, 5.41) is 6.48. The first kappa shape index (κ1) is 20.2. The van der Waals surface area contributed by atoms with Gasteiger partial charge in [-0.3, -0.25) is 4.79 Å². The number of nitrogens with one attached hydrogen (secondary N) is 2. The molecule has 1 amide bonds. The number of carbonyl (C=O) groups excluding carboxylic acids is 1. The van der Waals surface area contributed by atoms with Gasteiger partial charge in [0.05, 0.1) is 18.1 Å². The molecule has 120 valence electrons. The zero-order valence-electron chi connectivity index (χ0n) is 11.5. The van der Waals surface area contributed by atoms with E-state index in [0.29, 0.717) is 30.6 Å². The van der Waals surface area contributed by atoms with E-state index in [1.54, 1.807) is 12.1 Å². The number of hydrogen-bond donors (Lipinski definition) is 2. The summed E-state index contributed by atoms with van der Waals surface area (Å²) in [5.41, 5.74) is 0. The Hall–Kier alpha value is -0.750. The molecule has 1 fully saturated rings. The number of amides is 1. The van der Waals surface area contributed by atoms with Crippen LogP contribution in [0.3, 0.4) is 0 Å². The summed E-state index contributed by atoms with van der Waals surface area (Å²) in [7, 11) is 0. The van der Waals surface area contributed by atoms with Crippen molar-refractivity contribution >= 4 is 42.3 Å². The lowest BCUT2D eigenvalue weighted by Gasteiger charge is -2.07. The molecule has 21 heavy (non-hydrogen) atoms. The average Bonchev–Trinajstić information content (AvgIpc) is 3.21. The molecule has 5 nitrogen and oxygen atoms in total. The highest BCUT2D eigenvalue weighted by atomic mass is 35.5. The van der Waals surface area contributed by atoms with Gasteiger partial charge in [0.1, 0.15) is 6.61 Å². The lowest BCUT2D eigenvalue weighted by molar-refractivity contribution is -0.120. The van der Waals surface area contributed by atoms with Gasteiger partial charge < -0.3 is 15.4 Å². The van der Waals surface area contributed by atoms with E-state index in [0.717, 1.165) is 12.5 Å². The molecule has 8 heteroatoms. The minimum Gasteiger partial charge on any atom is -0.476 e. The zero-order chi connectivity index (χ0) is 13.5. The lowest BCUT2D eigenvalue weighted by atomic mass is 10.4. The van der Waals surface area contributed by atoms with Gasteiger partial charge in [-0.1, -0.05) is 11.6 Å². The molecule has 0 spiro atoms. The zero-order valence-corrected chi connectivity index (χ0v) is 13.9. The number of rotatable bonds is 8. The van der Waals surface area contributed by atoms with Crippen LogP contribution in [-0.2, 0) is 4.79 Å². The Kier molecular flexibility index (Phi) is 10.5. The molecule has 0 radical (unpaired) electrons. The molecule has 1 aliphatic rings. The second kappa shape index (κ2) is 10.9. The molecule has 1 aromatic heterocycles. The SMILES string of the molecule is Cl.Cl.O=C(CNCC1CC1)NCCOc1ccc(Cl)cn1. The molecule has 0 saturated heterocycles. The van der Waals surface area contributed by atoms with E-state index < -0.39 is 0 Å². The predicted octanol–water partition coefficient (Wildman–Crippen LogP) is 2.07. The highest BCUT2D eigenvalue weighted by Gasteiger charge is 2.20. The molecular weight excluding hydrogens is 337 g/mol. The molecule has 1 saturated carbocycles. The van der Waals surface area contributed by atoms with Crippen molar-refractivity contribution < 1.29 is 9.53 Å². The summed E-state index contributed by atoms with van der Waals surface area (Å²) in [5.74, 6) is 1.28. The van der Waals surface area contributed by atoms with Crippen LogP contribution in [0.25, 0.3) is 0 Å². The van der Waals surface area contributed by atoms with Crippen molar-refractivity contribution in [1.82, 2.24) is 15.6 Å². The quantitative estimate of drug-likeness (QED) is 0.700. The van der Waals surface area contributed by atoms with E-state index in [1.165, 1.54) is 19.0 Å². The molecule has 2 N–H and O–H groups in total. The minimum atomic E-state index is -0.00619. The fourth-order valence-corrected chi connectivity index (χ4v) is 1.68. The second-order valence-electron chi connectivity index (χ2n) is 4.59.